The summed E-state index contributed by atoms with van der Waals surface area (Å²) >= 11 is 0. The number of allylic oxidation sites excluding steroid dienone is 1. The molecule has 0 aromatic rings. The standard InChI is InChI=1S/C13H8O/c1-3-4-5-6-7-8-9-10-11-13-12(2)14-13/h3,12-13H,1H2,2H3/t12-,13-/m0/s1. The Bertz CT molecular complexity index is 454. The lowest BCUT2D eigenvalue weighted by atomic mass is 10.3. The van der Waals surface area contributed by atoms with Gasteiger partial charge in [-0.3, -0.25) is 0 Å². The van der Waals surface area contributed by atoms with E-state index in [-0.39, 0.29) is 12.2 Å². The molecule has 1 aliphatic heterocycles. The van der Waals surface area contributed by atoms with Crippen LogP contribution in [0, 0.1) is 47.4 Å². The number of rotatable bonds is 0. The molecular weight excluding hydrogens is 172 g/mol. The molecule has 0 saturated carbocycles. The monoisotopic (exact) mass is 180 g/mol. The molecule has 66 valence electrons. The first kappa shape index (κ1) is 10.0. The van der Waals surface area contributed by atoms with E-state index >= 15 is 0 Å². The first-order valence-electron chi connectivity index (χ1n) is 4.12. The zero-order valence-corrected chi connectivity index (χ0v) is 7.85. The molecule has 0 aromatic carbocycles. The van der Waals surface area contributed by atoms with Gasteiger partial charge in [-0.05, 0) is 48.5 Å². The lowest BCUT2D eigenvalue weighted by Crippen LogP contribution is -1.80. The summed E-state index contributed by atoms with van der Waals surface area (Å²) in [7, 11) is 0. The predicted octanol–water partition coefficient (Wildman–Crippen LogP) is 0.973. The highest BCUT2D eigenvalue weighted by molar-refractivity contribution is 5.41. The number of hydrogen-bond donors (Lipinski definition) is 0. The van der Waals surface area contributed by atoms with E-state index in [2.05, 4.69) is 53.9 Å². The van der Waals surface area contributed by atoms with Crippen molar-refractivity contribution in [1.82, 2.24) is 0 Å². The topological polar surface area (TPSA) is 12.5 Å². The SMILES string of the molecule is C=CC#CC#CC#CC#C[C@@H]1O[C@H]1C. The molecule has 0 amide bonds. The van der Waals surface area contributed by atoms with Crippen LogP contribution in [0.25, 0.3) is 0 Å². The zero-order chi connectivity index (χ0) is 10.2. The van der Waals surface area contributed by atoms with E-state index in [0.29, 0.717) is 0 Å². The van der Waals surface area contributed by atoms with Crippen molar-refractivity contribution in [2.24, 2.45) is 0 Å². The van der Waals surface area contributed by atoms with E-state index in [4.69, 9.17) is 4.74 Å². The Morgan fingerprint density at radius 1 is 1.07 bits per heavy atom. The van der Waals surface area contributed by atoms with Crippen LogP contribution in [0.5, 0.6) is 0 Å². The molecule has 1 aliphatic rings. The van der Waals surface area contributed by atoms with Gasteiger partial charge in [-0.15, -0.1) is 0 Å². The van der Waals surface area contributed by atoms with Crippen LogP contribution in [-0.4, -0.2) is 12.2 Å². The van der Waals surface area contributed by atoms with Gasteiger partial charge in [-0.25, -0.2) is 0 Å². The fourth-order valence-electron chi connectivity index (χ4n) is 0.657. The molecule has 0 radical (unpaired) electrons. The van der Waals surface area contributed by atoms with Gasteiger partial charge in [0, 0.05) is 0 Å². The second-order valence-corrected chi connectivity index (χ2v) is 2.50. The third kappa shape index (κ3) is 4.09. The summed E-state index contributed by atoms with van der Waals surface area (Å²) in [4.78, 5) is 0. The molecule has 14 heavy (non-hydrogen) atoms. The Labute approximate surface area is 84.5 Å². The van der Waals surface area contributed by atoms with Crippen molar-refractivity contribution >= 4 is 0 Å². The Kier molecular flexibility index (Phi) is 3.98. The zero-order valence-electron chi connectivity index (χ0n) is 7.85. The minimum atomic E-state index is 0.0674. The molecule has 1 saturated heterocycles. The van der Waals surface area contributed by atoms with Gasteiger partial charge in [-0.1, -0.05) is 18.4 Å². The number of ether oxygens (including phenoxy) is 1. The average Bonchev–Trinajstić information content (AvgIpc) is 2.87. The molecule has 0 N–H and O–H groups in total. The van der Waals surface area contributed by atoms with E-state index < -0.39 is 0 Å². The van der Waals surface area contributed by atoms with Gasteiger partial charge in [0.25, 0.3) is 0 Å². The largest absolute Gasteiger partial charge is 0.356 e. The molecular formula is C13H8O. The fraction of sp³-hybridized carbons (Fsp3) is 0.231. The third-order valence-corrected chi connectivity index (χ3v) is 1.41. The highest BCUT2D eigenvalue weighted by atomic mass is 16.6. The highest BCUT2D eigenvalue weighted by Crippen LogP contribution is 2.18. The Morgan fingerprint density at radius 2 is 1.64 bits per heavy atom. The number of hydrogen-bond acceptors (Lipinski definition) is 1. The maximum atomic E-state index is 5.07. The molecule has 1 nitrogen and oxygen atoms in total. The summed E-state index contributed by atoms with van der Waals surface area (Å²) in [5.74, 6) is 20.9. The van der Waals surface area contributed by atoms with E-state index in [1.807, 2.05) is 6.92 Å². The highest BCUT2D eigenvalue weighted by Gasteiger charge is 2.31. The van der Waals surface area contributed by atoms with E-state index in [9.17, 15) is 0 Å². The molecule has 1 heterocycles. The van der Waals surface area contributed by atoms with Crippen molar-refractivity contribution in [3.05, 3.63) is 12.7 Å². The van der Waals surface area contributed by atoms with E-state index in [1.165, 1.54) is 6.08 Å². The van der Waals surface area contributed by atoms with Crippen LogP contribution in [0.2, 0.25) is 0 Å². The van der Waals surface area contributed by atoms with Crippen molar-refractivity contribution in [2.75, 3.05) is 0 Å². The average molecular weight is 180 g/mol. The lowest BCUT2D eigenvalue weighted by Gasteiger charge is -1.64. The molecule has 0 spiro atoms. The molecule has 0 aromatic heterocycles. The first-order chi connectivity index (χ1) is 6.84. The van der Waals surface area contributed by atoms with Gasteiger partial charge in [-0.2, -0.15) is 0 Å². The van der Waals surface area contributed by atoms with Crippen LogP contribution in [-0.2, 0) is 4.74 Å². The minimum absolute atomic E-state index is 0.0674. The fourth-order valence-corrected chi connectivity index (χ4v) is 0.657. The summed E-state index contributed by atoms with van der Waals surface area (Å²) in [6.07, 6.45) is 1.81. The van der Waals surface area contributed by atoms with Crippen molar-refractivity contribution in [1.29, 1.82) is 0 Å². The molecule has 1 fully saturated rings. The van der Waals surface area contributed by atoms with Crippen molar-refractivity contribution in [3.8, 4) is 47.4 Å². The Morgan fingerprint density at radius 3 is 2.21 bits per heavy atom. The van der Waals surface area contributed by atoms with Crippen LogP contribution in [0.4, 0.5) is 0 Å². The Balaban J connectivity index is 2.34. The van der Waals surface area contributed by atoms with Crippen LogP contribution in [0.1, 0.15) is 6.92 Å². The lowest BCUT2D eigenvalue weighted by molar-refractivity contribution is 0.403. The van der Waals surface area contributed by atoms with Gasteiger partial charge < -0.3 is 4.74 Å². The maximum Gasteiger partial charge on any atom is 0.145 e. The predicted molar refractivity (Wildman–Crippen MR) is 55.6 cm³/mol. The summed E-state index contributed by atoms with van der Waals surface area (Å²) in [5, 5.41) is 0. The summed E-state index contributed by atoms with van der Waals surface area (Å²) in [5.41, 5.74) is 0. The van der Waals surface area contributed by atoms with E-state index in [0.717, 1.165) is 0 Å². The summed E-state index contributed by atoms with van der Waals surface area (Å²) in [6.45, 7) is 5.40. The van der Waals surface area contributed by atoms with Gasteiger partial charge in [0.05, 0.1) is 6.10 Å². The van der Waals surface area contributed by atoms with Crippen LogP contribution >= 0.6 is 0 Å². The smallest absolute Gasteiger partial charge is 0.145 e. The summed E-state index contributed by atoms with van der Waals surface area (Å²) in [6, 6.07) is 0. The van der Waals surface area contributed by atoms with Crippen LogP contribution in [0.3, 0.4) is 0 Å². The Hall–Kier alpha value is -2.06. The molecule has 0 aliphatic carbocycles. The molecule has 0 unspecified atom stereocenters. The van der Waals surface area contributed by atoms with Crippen molar-refractivity contribution < 1.29 is 4.74 Å². The van der Waals surface area contributed by atoms with Crippen LogP contribution in [0.15, 0.2) is 12.7 Å². The van der Waals surface area contributed by atoms with Crippen molar-refractivity contribution in [2.45, 2.75) is 19.1 Å². The second-order valence-electron chi connectivity index (χ2n) is 2.50. The normalized spacial score (nSPS) is 20.4. The van der Waals surface area contributed by atoms with Crippen LogP contribution < -0.4 is 0 Å². The van der Waals surface area contributed by atoms with Crippen molar-refractivity contribution in [3.63, 3.8) is 0 Å². The van der Waals surface area contributed by atoms with Gasteiger partial charge in [0.2, 0.25) is 0 Å². The molecule has 1 heteroatoms. The van der Waals surface area contributed by atoms with Gasteiger partial charge >= 0.3 is 0 Å². The number of epoxide rings is 1. The maximum absolute atomic E-state index is 5.07. The molecule has 0 bridgehead atoms. The molecule has 1 rings (SSSR count). The quantitative estimate of drug-likeness (QED) is 0.400. The first-order valence-corrected chi connectivity index (χ1v) is 4.12. The molecule has 2 atom stereocenters. The summed E-state index contributed by atoms with van der Waals surface area (Å²) < 4.78 is 5.07. The third-order valence-electron chi connectivity index (χ3n) is 1.41. The van der Waals surface area contributed by atoms with E-state index in [1.54, 1.807) is 0 Å². The van der Waals surface area contributed by atoms with Gasteiger partial charge in [0.15, 0.2) is 0 Å². The second kappa shape index (κ2) is 5.56. The van der Waals surface area contributed by atoms with Gasteiger partial charge in [0.1, 0.15) is 6.10 Å². The minimum Gasteiger partial charge on any atom is -0.356 e.